The van der Waals surface area contributed by atoms with Gasteiger partial charge in [-0.25, -0.2) is 0 Å². The highest BCUT2D eigenvalue weighted by Crippen LogP contribution is 2.60. The summed E-state index contributed by atoms with van der Waals surface area (Å²) in [7, 11) is 0. The molecule has 5 aliphatic rings. The van der Waals surface area contributed by atoms with Gasteiger partial charge in [0.25, 0.3) is 0 Å². The van der Waals surface area contributed by atoms with Crippen molar-refractivity contribution in [1.82, 2.24) is 15.5 Å². The van der Waals surface area contributed by atoms with E-state index in [-0.39, 0.29) is 22.8 Å². The fraction of sp³-hybridized carbons (Fsp3) is 0.704. The molecule has 4 bridgehead atoms. The van der Waals surface area contributed by atoms with E-state index < -0.39 is 0 Å². The van der Waals surface area contributed by atoms with Crippen LogP contribution in [0.25, 0.3) is 0 Å². The summed E-state index contributed by atoms with van der Waals surface area (Å²) < 4.78 is 0. The molecule has 32 heavy (non-hydrogen) atoms. The first-order chi connectivity index (χ1) is 15.3. The summed E-state index contributed by atoms with van der Waals surface area (Å²) >= 11 is 0. The summed E-state index contributed by atoms with van der Waals surface area (Å²) in [5, 5.41) is 6.25. The molecule has 4 fully saturated rings. The number of carbonyl (C=O) groups excluding carboxylic acids is 2. The molecular weight excluding hydrogens is 398 g/mol. The van der Waals surface area contributed by atoms with Gasteiger partial charge >= 0.3 is 0 Å². The fourth-order valence-electron chi connectivity index (χ4n) is 7.39. The Morgan fingerprint density at radius 1 is 1.00 bits per heavy atom. The molecule has 4 aliphatic carbocycles. The van der Waals surface area contributed by atoms with Gasteiger partial charge in [0.15, 0.2) is 0 Å². The molecule has 1 aromatic rings. The van der Waals surface area contributed by atoms with Gasteiger partial charge in [-0.15, -0.1) is 0 Å². The highest BCUT2D eigenvalue weighted by Gasteiger charge is 2.54. The molecule has 2 amide bonds. The number of rotatable bonds is 7. The Hall–Kier alpha value is -1.88. The number of amides is 2. The summed E-state index contributed by atoms with van der Waals surface area (Å²) in [4.78, 5) is 28.0. The Bertz CT molecular complexity index is 842. The van der Waals surface area contributed by atoms with Crippen molar-refractivity contribution in [3.05, 3.63) is 35.4 Å². The van der Waals surface area contributed by atoms with Crippen molar-refractivity contribution >= 4 is 11.8 Å². The van der Waals surface area contributed by atoms with Gasteiger partial charge in [-0.05, 0) is 87.7 Å². The van der Waals surface area contributed by atoms with Gasteiger partial charge in [0, 0.05) is 43.6 Å². The van der Waals surface area contributed by atoms with E-state index in [0.29, 0.717) is 19.5 Å². The molecule has 174 valence electrons. The molecule has 0 saturated heterocycles. The molecular formula is C27H39N3O2. The van der Waals surface area contributed by atoms with Crippen LogP contribution >= 0.6 is 0 Å². The molecule has 1 heterocycles. The first kappa shape index (κ1) is 21.9. The molecule has 0 unspecified atom stereocenters. The van der Waals surface area contributed by atoms with Crippen LogP contribution in [0, 0.1) is 23.2 Å². The predicted molar refractivity (Wildman–Crippen MR) is 126 cm³/mol. The Labute approximate surface area is 192 Å². The Morgan fingerprint density at radius 2 is 1.62 bits per heavy atom. The van der Waals surface area contributed by atoms with Gasteiger partial charge in [0.05, 0.1) is 0 Å². The Balaban J connectivity index is 1.06. The molecule has 5 heteroatoms. The molecule has 0 radical (unpaired) electrons. The third-order valence-corrected chi connectivity index (χ3v) is 8.86. The first-order valence-electron chi connectivity index (χ1n) is 12.7. The molecule has 6 rings (SSSR count). The molecule has 1 aliphatic heterocycles. The van der Waals surface area contributed by atoms with Crippen LogP contribution in [-0.2, 0) is 22.6 Å². The largest absolute Gasteiger partial charge is 0.355 e. The standard InChI is InChI=1S/C27H39N3O2/c1-26(2,30-10-8-22-5-3-4-6-23(22)17-30)18-29-24(31)7-9-28-25(32)27-14-19-11-20(15-27)13-21(12-19)16-27/h3-6,19-21H,7-18H2,1-2H3,(H,28,32)(H,29,31). The van der Waals surface area contributed by atoms with Crippen LogP contribution in [0.4, 0.5) is 0 Å². The average molecular weight is 438 g/mol. The van der Waals surface area contributed by atoms with E-state index in [2.05, 4.69) is 53.6 Å². The lowest BCUT2D eigenvalue weighted by molar-refractivity contribution is -0.146. The lowest BCUT2D eigenvalue weighted by Gasteiger charge is -2.55. The third-order valence-electron chi connectivity index (χ3n) is 8.86. The summed E-state index contributed by atoms with van der Waals surface area (Å²) in [5.74, 6) is 2.54. The SMILES string of the molecule is CC(C)(CNC(=O)CCNC(=O)C12CC3CC(CC(C3)C1)C2)N1CCc2ccccc2C1. The van der Waals surface area contributed by atoms with Crippen LogP contribution < -0.4 is 10.6 Å². The van der Waals surface area contributed by atoms with Crippen molar-refractivity contribution in [2.24, 2.45) is 23.2 Å². The lowest BCUT2D eigenvalue weighted by Crippen LogP contribution is -2.54. The zero-order valence-electron chi connectivity index (χ0n) is 19.8. The number of benzene rings is 1. The number of hydrogen-bond acceptors (Lipinski definition) is 3. The number of carbonyl (C=O) groups is 2. The molecule has 4 saturated carbocycles. The third kappa shape index (κ3) is 4.33. The molecule has 0 atom stereocenters. The number of nitrogens with one attached hydrogen (secondary N) is 2. The van der Waals surface area contributed by atoms with Gasteiger partial charge in [0.1, 0.15) is 0 Å². The molecule has 5 nitrogen and oxygen atoms in total. The van der Waals surface area contributed by atoms with E-state index in [9.17, 15) is 9.59 Å². The molecule has 0 spiro atoms. The van der Waals surface area contributed by atoms with Crippen molar-refractivity contribution < 1.29 is 9.59 Å². The summed E-state index contributed by atoms with van der Waals surface area (Å²) in [6, 6.07) is 8.65. The predicted octanol–water partition coefficient (Wildman–Crippen LogP) is 3.66. The monoisotopic (exact) mass is 437 g/mol. The minimum atomic E-state index is -0.127. The van der Waals surface area contributed by atoms with Crippen molar-refractivity contribution in [3.63, 3.8) is 0 Å². The van der Waals surface area contributed by atoms with Gasteiger partial charge in [-0.2, -0.15) is 0 Å². The summed E-state index contributed by atoms with van der Waals surface area (Å²) in [5.41, 5.74) is 2.60. The maximum absolute atomic E-state index is 13.1. The van der Waals surface area contributed by atoms with Gasteiger partial charge in [-0.3, -0.25) is 14.5 Å². The number of nitrogens with zero attached hydrogens (tertiary/aromatic N) is 1. The average Bonchev–Trinajstić information content (AvgIpc) is 2.76. The quantitative estimate of drug-likeness (QED) is 0.684. The van der Waals surface area contributed by atoms with Crippen LogP contribution in [-0.4, -0.2) is 41.9 Å². The van der Waals surface area contributed by atoms with Crippen LogP contribution in [0.2, 0.25) is 0 Å². The van der Waals surface area contributed by atoms with Crippen LogP contribution in [0.3, 0.4) is 0 Å². The van der Waals surface area contributed by atoms with Gasteiger partial charge in [-0.1, -0.05) is 24.3 Å². The second kappa shape index (κ2) is 8.48. The maximum atomic E-state index is 13.1. The summed E-state index contributed by atoms with van der Waals surface area (Å²) in [6.07, 6.45) is 8.66. The van der Waals surface area contributed by atoms with Crippen molar-refractivity contribution in [3.8, 4) is 0 Å². The maximum Gasteiger partial charge on any atom is 0.226 e. The highest BCUT2D eigenvalue weighted by atomic mass is 16.2. The van der Waals surface area contributed by atoms with Crippen LogP contribution in [0.5, 0.6) is 0 Å². The minimum absolute atomic E-state index is 0.0290. The first-order valence-corrected chi connectivity index (χ1v) is 12.7. The zero-order valence-corrected chi connectivity index (χ0v) is 19.8. The zero-order chi connectivity index (χ0) is 22.3. The molecule has 1 aromatic carbocycles. The van der Waals surface area contributed by atoms with Crippen molar-refractivity contribution in [2.45, 2.75) is 77.3 Å². The normalized spacial score (nSPS) is 31.2. The summed E-state index contributed by atoms with van der Waals surface area (Å²) in [6.45, 7) is 7.42. The second-order valence-electron chi connectivity index (χ2n) is 11.7. The van der Waals surface area contributed by atoms with Crippen molar-refractivity contribution in [2.75, 3.05) is 19.6 Å². The van der Waals surface area contributed by atoms with E-state index in [1.54, 1.807) is 0 Å². The molecule has 2 N–H and O–H groups in total. The molecule has 0 aromatic heterocycles. The van der Waals surface area contributed by atoms with Crippen LogP contribution in [0.15, 0.2) is 24.3 Å². The minimum Gasteiger partial charge on any atom is -0.355 e. The van der Waals surface area contributed by atoms with Crippen LogP contribution in [0.1, 0.15) is 69.9 Å². The highest BCUT2D eigenvalue weighted by molar-refractivity contribution is 5.84. The fourth-order valence-corrected chi connectivity index (χ4v) is 7.39. The van der Waals surface area contributed by atoms with E-state index in [4.69, 9.17) is 0 Å². The van der Waals surface area contributed by atoms with Crippen molar-refractivity contribution in [1.29, 1.82) is 0 Å². The van der Waals surface area contributed by atoms with Gasteiger partial charge in [0.2, 0.25) is 11.8 Å². The van der Waals surface area contributed by atoms with Gasteiger partial charge < -0.3 is 10.6 Å². The number of fused-ring (bicyclic) bond motifs is 1. The van der Waals surface area contributed by atoms with E-state index in [1.807, 2.05) is 0 Å². The van der Waals surface area contributed by atoms with E-state index in [1.165, 1.54) is 30.4 Å². The topological polar surface area (TPSA) is 61.4 Å². The smallest absolute Gasteiger partial charge is 0.226 e. The Morgan fingerprint density at radius 3 is 2.28 bits per heavy atom. The second-order valence-corrected chi connectivity index (χ2v) is 11.7. The van der Waals surface area contributed by atoms with E-state index in [0.717, 1.165) is 56.5 Å². The van der Waals surface area contributed by atoms with E-state index >= 15 is 0 Å². The lowest BCUT2D eigenvalue weighted by atomic mass is 9.49. The number of hydrogen-bond donors (Lipinski definition) is 2. The Kier molecular flexibility index (Phi) is 5.81.